The maximum Gasteiger partial charge on any atom is 0.341 e. The van der Waals surface area contributed by atoms with Crippen LogP contribution in [-0.4, -0.2) is 24.2 Å². The number of rotatable bonds is 7. The van der Waals surface area contributed by atoms with Crippen molar-refractivity contribution in [3.05, 3.63) is 45.8 Å². The van der Waals surface area contributed by atoms with Crippen LogP contribution in [0.4, 0.5) is 5.00 Å². The summed E-state index contributed by atoms with van der Waals surface area (Å²) in [5.41, 5.74) is 2.88. The number of nitrogens with one attached hydrogen (secondary N) is 1. The van der Waals surface area contributed by atoms with Crippen LogP contribution in [0.5, 0.6) is 0 Å². The van der Waals surface area contributed by atoms with Gasteiger partial charge >= 0.3 is 5.97 Å². The highest BCUT2D eigenvalue weighted by atomic mass is 32.2. The van der Waals surface area contributed by atoms with Gasteiger partial charge in [-0.05, 0) is 56.7 Å². The van der Waals surface area contributed by atoms with Crippen LogP contribution >= 0.6 is 23.1 Å². The molecule has 0 radical (unpaired) electrons. The molecule has 0 spiro atoms. The third kappa shape index (κ3) is 5.17. The number of amides is 1. The van der Waals surface area contributed by atoms with E-state index in [2.05, 4.69) is 43.4 Å². The lowest BCUT2D eigenvalue weighted by Crippen LogP contribution is -2.16. The molecule has 1 aromatic carbocycles. The van der Waals surface area contributed by atoms with Crippen molar-refractivity contribution in [1.82, 2.24) is 0 Å². The first-order valence-corrected chi connectivity index (χ1v) is 11.6. The van der Waals surface area contributed by atoms with Crippen LogP contribution in [0.25, 0.3) is 0 Å². The summed E-state index contributed by atoms with van der Waals surface area (Å²) in [4.78, 5) is 27.4. The normalized spacial score (nSPS) is 15.8. The second-order valence-corrected chi connectivity index (χ2v) is 9.51. The average molecular weight is 418 g/mol. The van der Waals surface area contributed by atoms with E-state index in [1.54, 1.807) is 30.0 Å². The van der Waals surface area contributed by atoms with Crippen LogP contribution in [0, 0.1) is 12.8 Å². The third-order valence-electron chi connectivity index (χ3n) is 4.86. The maximum atomic E-state index is 12.5. The summed E-state index contributed by atoms with van der Waals surface area (Å²) in [6.07, 6.45) is 3.31. The number of thioether (sulfide) groups is 1. The first kappa shape index (κ1) is 20.9. The highest BCUT2D eigenvalue weighted by Crippen LogP contribution is 2.40. The first-order valence-electron chi connectivity index (χ1n) is 9.79. The molecule has 1 aliphatic rings. The molecule has 0 bridgehead atoms. The Bertz CT molecular complexity index is 842. The highest BCUT2D eigenvalue weighted by Gasteiger charge is 2.29. The Balaban J connectivity index is 1.66. The molecule has 4 nitrogen and oxygen atoms in total. The molecule has 1 amide bonds. The summed E-state index contributed by atoms with van der Waals surface area (Å²) in [5.74, 6) is 0.928. The second kappa shape index (κ2) is 9.61. The molecule has 6 heteroatoms. The van der Waals surface area contributed by atoms with E-state index >= 15 is 0 Å². The predicted molar refractivity (Wildman–Crippen MR) is 117 cm³/mol. The summed E-state index contributed by atoms with van der Waals surface area (Å²) in [6, 6.07) is 8.30. The molecule has 1 atom stereocenters. The van der Waals surface area contributed by atoms with E-state index in [1.807, 2.05) is 0 Å². The standard InChI is InChI=1S/C22H27NO3S2/c1-4-26-22(25)20-17-10-7-15(3)13-18(17)28-21(20)23-19(24)11-12-27-16-8-5-14(2)6-9-16/h5-6,8-9,15H,4,7,10-13H2,1-3H3,(H,23,24)/t15-/m0/s1. The minimum absolute atomic E-state index is 0.0585. The quantitative estimate of drug-likeness (QED) is 0.479. The van der Waals surface area contributed by atoms with Crippen molar-refractivity contribution < 1.29 is 14.3 Å². The monoisotopic (exact) mass is 417 g/mol. The number of carbonyl (C=O) groups is 2. The van der Waals surface area contributed by atoms with E-state index in [9.17, 15) is 9.59 Å². The molecule has 0 aliphatic heterocycles. The summed E-state index contributed by atoms with van der Waals surface area (Å²) in [6.45, 7) is 6.43. The molecule has 28 heavy (non-hydrogen) atoms. The van der Waals surface area contributed by atoms with Crippen LogP contribution in [0.2, 0.25) is 0 Å². The van der Waals surface area contributed by atoms with E-state index in [0.29, 0.717) is 35.3 Å². The highest BCUT2D eigenvalue weighted by molar-refractivity contribution is 7.99. The van der Waals surface area contributed by atoms with E-state index in [4.69, 9.17) is 4.74 Å². The van der Waals surface area contributed by atoms with Gasteiger partial charge in [0.15, 0.2) is 0 Å². The van der Waals surface area contributed by atoms with Gasteiger partial charge in [0.1, 0.15) is 5.00 Å². The molecule has 0 saturated heterocycles. The van der Waals surface area contributed by atoms with Crippen LogP contribution in [0.3, 0.4) is 0 Å². The van der Waals surface area contributed by atoms with E-state index in [-0.39, 0.29) is 11.9 Å². The van der Waals surface area contributed by atoms with E-state index in [0.717, 1.165) is 29.7 Å². The number of aryl methyl sites for hydroxylation is 1. The second-order valence-electron chi connectivity index (χ2n) is 7.24. The molecule has 1 aliphatic carbocycles. The molecule has 1 heterocycles. The molecule has 3 rings (SSSR count). The fraction of sp³-hybridized carbons (Fsp3) is 0.455. The smallest absolute Gasteiger partial charge is 0.341 e. The molecule has 2 aromatic rings. The van der Waals surface area contributed by atoms with Gasteiger partial charge in [-0.2, -0.15) is 0 Å². The average Bonchev–Trinajstić information content (AvgIpc) is 3.00. The summed E-state index contributed by atoms with van der Waals surface area (Å²) in [7, 11) is 0. The SMILES string of the molecule is CCOC(=O)c1c(NC(=O)CCSc2ccc(C)cc2)sc2c1CC[C@H](C)C2. The molecule has 0 fully saturated rings. The minimum atomic E-state index is -0.320. The van der Waals surface area contributed by atoms with Crippen molar-refractivity contribution >= 4 is 40.0 Å². The van der Waals surface area contributed by atoms with Gasteiger partial charge in [-0.3, -0.25) is 4.79 Å². The third-order valence-corrected chi connectivity index (χ3v) is 7.05. The maximum absolute atomic E-state index is 12.5. The van der Waals surface area contributed by atoms with Crippen molar-refractivity contribution in [2.24, 2.45) is 5.92 Å². The predicted octanol–water partition coefficient (Wildman–Crippen LogP) is 5.48. The van der Waals surface area contributed by atoms with Crippen molar-refractivity contribution in [1.29, 1.82) is 0 Å². The largest absolute Gasteiger partial charge is 0.462 e. The molecular formula is C22H27NO3S2. The van der Waals surface area contributed by atoms with Crippen molar-refractivity contribution in [2.45, 2.75) is 51.3 Å². The van der Waals surface area contributed by atoms with Gasteiger partial charge in [0, 0.05) is 21.9 Å². The number of hydrogen-bond donors (Lipinski definition) is 1. The zero-order chi connectivity index (χ0) is 20.1. The van der Waals surface area contributed by atoms with Crippen molar-refractivity contribution in [2.75, 3.05) is 17.7 Å². The van der Waals surface area contributed by atoms with Gasteiger partial charge in [-0.25, -0.2) is 4.79 Å². The molecule has 1 N–H and O–H groups in total. The van der Waals surface area contributed by atoms with E-state index in [1.165, 1.54) is 10.4 Å². The Kier molecular flexibility index (Phi) is 7.18. The van der Waals surface area contributed by atoms with Gasteiger partial charge in [-0.1, -0.05) is 24.6 Å². The number of thiophene rings is 1. The molecule has 1 aromatic heterocycles. The van der Waals surface area contributed by atoms with Crippen LogP contribution in [-0.2, 0) is 22.4 Å². The van der Waals surface area contributed by atoms with Gasteiger partial charge in [0.25, 0.3) is 0 Å². The van der Waals surface area contributed by atoms with E-state index < -0.39 is 0 Å². The lowest BCUT2D eigenvalue weighted by molar-refractivity contribution is -0.115. The lowest BCUT2D eigenvalue weighted by Gasteiger charge is -2.18. The number of carbonyl (C=O) groups excluding carboxylic acids is 2. The van der Waals surface area contributed by atoms with Gasteiger partial charge in [0.2, 0.25) is 5.91 Å². The number of benzene rings is 1. The van der Waals surface area contributed by atoms with Crippen molar-refractivity contribution in [3.63, 3.8) is 0 Å². The minimum Gasteiger partial charge on any atom is -0.462 e. The zero-order valence-corrected chi connectivity index (χ0v) is 18.3. The number of esters is 1. The van der Waals surface area contributed by atoms with Gasteiger partial charge in [0.05, 0.1) is 12.2 Å². The fourth-order valence-corrected chi connectivity index (χ4v) is 5.61. The van der Waals surface area contributed by atoms with Crippen LogP contribution in [0.1, 0.15) is 53.1 Å². The Morgan fingerprint density at radius 2 is 2.04 bits per heavy atom. The Hall–Kier alpha value is -1.79. The fourth-order valence-electron chi connectivity index (χ4n) is 3.34. The number of anilines is 1. The number of fused-ring (bicyclic) bond motifs is 1. The summed E-state index contributed by atoms with van der Waals surface area (Å²) in [5, 5.41) is 3.64. The number of hydrogen-bond acceptors (Lipinski definition) is 5. The topological polar surface area (TPSA) is 55.4 Å². The number of ether oxygens (including phenoxy) is 1. The molecule has 0 saturated carbocycles. The van der Waals surface area contributed by atoms with Gasteiger partial charge < -0.3 is 10.1 Å². The van der Waals surface area contributed by atoms with Crippen LogP contribution < -0.4 is 5.32 Å². The molecular weight excluding hydrogens is 390 g/mol. The summed E-state index contributed by atoms with van der Waals surface area (Å²) >= 11 is 3.21. The first-order chi connectivity index (χ1) is 13.5. The molecule has 150 valence electrons. The zero-order valence-electron chi connectivity index (χ0n) is 16.7. The Morgan fingerprint density at radius 3 is 2.75 bits per heavy atom. The Labute approximate surface area is 175 Å². The van der Waals surface area contributed by atoms with Gasteiger partial charge in [-0.15, -0.1) is 23.1 Å². The summed E-state index contributed by atoms with van der Waals surface area (Å²) < 4.78 is 5.26. The Morgan fingerprint density at radius 1 is 1.29 bits per heavy atom. The molecule has 0 unspecified atom stereocenters. The van der Waals surface area contributed by atoms with Crippen LogP contribution in [0.15, 0.2) is 29.2 Å². The van der Waals surface area contributed by atoms with Crippen molar-refractivity contribution in [3.8, 4) is 0 Å². The lowest BCUT2D eigenvalue weighted by atomic mass is 9.88.